The van der Waals surface area contributed by atoms with E-state index in [9.17, 15) is 19.7 Å². The number of hydrogen-bond donors (Lipinski definition) is 1. The van der Waals surface area contributed by atoms with Crippen LogP contribution in [0.4, 0.5) is 17.1 Å². The van der Waals surface area contributed by atoms with Crippen LogP contribution in [-0.2, 0) is 4.79 Å². The Hall–Kier alpha value is -3.42. The molecule has 0 unspecified atom stereocenters. The summed E-state index contributed by atoms with van der Waals surface area (Å²) >= 11 is 0. The summed E-state index contributed by atoms with van der Waals surface area (Å²) in [5.74, 6) is -0.369. The smallest absolute Gasteiger partial charge is 0.292 e. The number of nitro benzene ring substituents is 1. The predicted octanol–water partition coefficient (Wildman–Crippen LogP) is 2.52. The highest BCUT2D eigenvalue weighted by atomic mass is 16.6. The highest BCUT2D eigenvalue weighted by molar-refractivity contribution is 5.94. The summed E-state index contributed by atoms with van der Waals surface area (Å²) in [6, 6.07) is 13.8. The molecule has 0 spiro atoms. The Morgan fingerprint density at radius 1 is 1.04 bits per heavy atom. The van der Waals surface area contributed by atoms with Crippen LogP contribution in [0.3, 0.4) is 0 Å². The van der Waals surface area contributed by atoms with Crippen LogP contribution in [0.5, 0.6) is 0 Å². The maximum absolute atomic E-state index is 12.5. The van der Waals surface area contributed by atoms with Gasteiger partial charge in [0.15, 0.2) is 0 Å². The minimum absolute atomic E-state index is 0.00196. The molecule has 2 amide bonds. The van der Waals surface area contributed by atoms with Crippen LogP contribution in [0.2, 0.25) is 0 Å². The number of piperazine rings is 1. The molecule has 8 heteroatoms. The number of amides is 2. The zero-order chi connectivity index (χ0) is 19.4. The molecule has 0 radical (unpaired) electrons. The second kappa shape index (κ2) is 7.86. The molecule has 1 aliphatic rings. The van der Waals surface area contributed by atoms with Crippen molar-refractivity contribution in [1.29, 1.82) is 0 Å². The zero-order valence-electron chi connectivity index (χ0n) is 14.9. The number of benzene rings is 2. The van der Waals surface area contributed by atoms with E-state index in [1.54, 1.807) is 29.2 Å². The van der Waals surface area contributed by atoms with Gasteiger partial charge in [-0.1, -0.05) is 18.2 Å². The highest BCUT2D eigenvalue weighted by Gasteiger charge is 2.24. The molecule has 8 nitrogen and oxygen atoms in total. The van der Waals surface area contributed by atoms with Gasteiger partial charge in [-0.3, -0.25) is 19.7 Å². The quantitative estimate of drug-likeness (QED) is 0.661. The Labute approximate surface area is 156 Å². The van der Waals surface area contributed by atoms with Gasteiger partial charge < -0.3 is 15.1 Å². The average molecular weight is 368 g/mol. The molecule has 27 heavy (non-hydrogen) atoms. The summed E-state index contributed by atoms with van der Waals surface area (Å²) in [6.45, 7) is 3.64. The van der Waals surface area contributed by atoms with Crippen molar-refractivity contribution in [3.63, 3.8) is 0 Å². The van der Waals surface area contributed by atoms with Crippen molar-refractivity contribution in [3.05, 3.63) is 64.2 Å². The number of rotatable bonds is 4. The lowest BCUT2D eigenvalue weighted by molar-refractivity contribution is -0.383. The third kappa shape index (κ3) is 4.22. The number of carbonyl (C=O) groups excluding carboxylic acids is 2. The molecule has 2 aromatic carbocycles. The second-order valence-corrected chi connectivity index (χ2v) is 6.29. The first-order valence-corrected chi connectivity index (χ1v) is 8.61. The fourth-order valence-electron chi connectivity index (χ4n) is 3.10. The summed E-state index contributed by atoms with van der Waals surface area (Å²) < 4.78 is 0. The van der Waals surface area contributed by atoms with Crippen molar-refractivity contribution in [1.82, 2.24) is 4.90 Å². The van der Waals surface area contributed by atoms with E-state index in [-0.39, 0.29) is 23.2 Å². The zero-order valence-corrected chi connectivity index (χ0v) is 14.9. The summed E-state index contributed by atoms with van der Waals surface area (Å²) in [6.07, 6.45) is 0. The molecule has 0 atom stereocenters. The monoisotopic (exact) mass is 368 g/mol. The van der Waals surface area contributed by atoms with E-state index in [0.717, 1.165) is 5.69 Å². The van der Waals surface area contributed by atoms with E-state index in [4.69, 9.17) is 0 Å². The van der Waals surface area contributed by atoms with Crippen LogP contribution in [0, 0.1) is 10.1 Å². The number of nitro groups is 1. The second-order valence-electron chi connectivity index (χ2n) is 6.29. The van der Waals surface area contributed by atoms with E-state index in [1.165, 1.54) is 13.0 Å². The van der Waals surface area contributed by atoms with Crippen molar-refractivity contribution in [2.75, 3.05) is 36.4 Å². The molecular formula is C19H20N4O4. The Morgan fingerprint density at radius 3 is 2.30 bits per heavy atom. The average Bonchev–Trinajstić information content (AvgIpc) is 2.67. The van der Waals surface area contributed by atoms with Gasteiger partial charge in [0.25, 0.3) is 11.6 Å². The Balaban J connectivity index is 1.71. The first-order chi connectivity index (χ1) is 13.0. The lowest BCUT2D eigenvalue weighted by Crippen LogP contribution is -2.48. The molecule has 1 aliphatic heterocycles. The molecule has 2 aromatic rings. The van der Waals surface area contributed by atoms with Crippen LogP contribution in [0.25, 0.3) is 0 Å². The molecule has 1 saturated heterocycles. The molecule has 1 N–H and O–H groups in total. The molecule has 0 saturated carbocycles. The van der Waals surface area contributed by atoms with Crippen LogP contribution < -0.4 is 10.2 Å². The third-order valence-corrected chi connectivity index (χ3v) is 4.44. The van der Waals surface area contributed by atoms with Gasteiger partial charge in [-0.2, -0.15) is 0 Å². The van der Waals surface area contributed by atoms with Gasteiger partial charge in [-0.25, -0.2) is 0 Å². The van der Waals surface area contributed by atoms with Gasteiger partial charge in [0.1, 0.15) is 5.69 Å². The van der Waals surface area contributed by atoms with Crippen LogP contribution in [0.15, 0.2) is 48.5 Å². The Kier molecular flexibility index (Phi) is 5.35. The van der Waals surface area contributed by atoms with E-state index < -0.39 is 4.92 Å². The molecule has 1 fully saturated rings. The van der Waals surface area contributed by atoms with Gasteiger partial charge in [0.05, 0.1) is 4.92 Å². The molecular weight excluding hydrogens is 348 g/mol. The van der Waals surface area contributed by atoms with Gasteiger partial charge in [0, 0.05) is 50.4 Å². The summed E-state index contributed by atoms with van der Waals surface area (Å²) in [5.41, 5.74) is 1.46. The Morgan fingerprint density at radius 2 is 1.70 bits per heavy atom. The first kappa shape index (κ1) is 18.4. The topological polar surface area (TPSA) is 95.8 Å². The van der Waals surface area contributed by atoms with Crippen molar-refractivity contribution in [2.45, 2.75) is 6.92 Å². The van der Waals surface area contributed by atoms with Crippen LogP contribution in [0.1, 0.15) is 17.3 Å². The van der Waals surface area contributed by atoms with Crippen molar-refractivity contribution in [3.8, 4) is 0 Å². The van der Waals surface area contributed by atoms with Crippen LogP contribution >= 0.6 is 0 Å². The lowest BCUT2D eigenvalue weighted by Gasteiger charge is -2.36. The van der Waals surface area contributed by atoms with E-state index in [0.29, 0.717) is 31.7 Å². The number of nitrogens with zero attached hydrogens (tertiary/aromatic N) is 3. The fourth-order valence-corrected chi connectivity index (χ4v) is 3.10. The van der Waals surface area contributed by atoms with E-state index in [2.05, 4.69) is 5.32 Å². The van der Waals surface area contributed by atoms with Gasteiger partial charge in [-0.15, -0.1) is 0 Å². The standard InChI is InChI=1S/C19H20N4O4/c1-14(24)20-17-13-16(7-8-18(17)23(26)27)21-9-11-22(12-10-21)19(25)15-5-3-2-4-6-15/h2-8,13H,9-12H2,1H3,(H,20,24). The molecule has 3 rings (SSSR count). The number of carbonyl (C=O) groups is 2. The maximum atomic E-state index is 12.5. The van der Waals surface area contributed by atoms with Crippen molar-refractivity contribution in [2.24, 2.45) is 0 Å². The molecule has 0 aromatic heterocycles. The lowest BCUT2D eigenvalue weighted by atomic mass is 10.1. The van der Waals surface area contributed by atoms with E-state index >= 15 is 0 Å². The number of nitrogens with one attached hydrogen (secondary N) is 1. The van der Waals surface area contributed by atoms with Gasteiger partial charge in [-0.05, 0) is 24.3 Å². The number of anilines is 2. The molecule has 0 aliphatic carbocycles. The third-order valence-electron chi connectivity index (χ3n) is 4.44. The normalized spacial score (nSPS) is 14.0. The SMILES string of the molecule is CC(=O)Nc1cc(N2CCN(C(=O)c3ccccc3)CC2)ccc1[N+](=O)[O-]. The van der Waals surface area contributed by atoms with Crippen molar-refractivity contribution < 1.29 is 14.5 Å². The molecule has 140 valence electrons. The van der Waals surface area contributed by atoms with Gasteiger partial charge in [0.2, 0.25) is 5.91 Å². The largest absolute Gasteiger partial charge is 0.368 e. The van der Waals surface area contributed by atoms with Gasteiger partial charge >= 0.3 is 0 Å². The van der Waals surface area contributed by atoms with Crippen molar-refractivity contribution >= 4 is 28.9 Å². The number of hydrogen-bond acceptors (Lipinski definition) is 5. The Bertz CT molecular complexity index is 861. The molecule has 1 heterocycles. The summed E-state index contributed by atoms with van der Waals surface area (Å²) in [4.78, 5) is 38.3. The van der Waals surface area contributed by atoms with E-state index in [1.807, 2.05) is 23.1 Å². The summed E-state index contributed by atoms with van der Waals surface area (Å²) in [7, 11) is 0. The highest BCUT2D eigenvalue weighted by Crippen LogP contribution is 2.30. The minimum atomic E-state index is -0.522. The predicted molar refractivity (Wildman–Crippen MR) is 102 cm³/mol. The molecule has 0 bridgehead atoms. The first-order valence-electron chi connectivity index (χ1n) is 8.61. The minimum Gasteiger partial charge on any atom is -0.368 e. The van der Waals surface area contributed by atoms with Crippen LogP contribution in [-0.4, -0.2) is 47.8 Å². The summed E-state index contributed by atoms with van der Waals surface area (Å²) in [5, 5.41) is 13.7. The maximum Gasteiger partial charge on any atom is 0.292 e. The fraction of sp³-hybridized carbons (Fsp3) is 0.263.